The number of benzene rings is 3. The first-order valence-corrected chi connectivity index (χ1v) is 31.1. The Morgan fingerprint density at radius 1 is 0.600 bits per heavy atom. The van der Waals surface area contributed by atoms with Gasteiger partial charge in [0.25, 0.3) is 9.05 Å². The van der Waals surface area contributed by atoms with Gasteiger partial charge in [-0.2, -0.15) is 20.6 Å². The molecule has 6 N–H and O–H groups in total. The van der Waals surface area contributed by atoms with Crippen molar-refractivity contribution in [2.24, 2.45) is 5.73 Å². The molecule has 416 valence electrons. The zero-order valence-corrected chi connectivity index (χ0v) is 47.8. The molecule has 0 unspecified atom stereocenters. The quantitative estimate of drug-likeness (QED) is 0.0473. The molecule has 2 aliphatic carbocycles. The van der Waals surface area contributed by atoms with Crippen molar-refractivity contribution in [1.29, 1.82) is 5.26 Å². The number of H-pyrrole nitrogens is 2. The first-order valence-electron chi connectivity index (χ1n) is 24.5. The number of hydrogen-bond acceptors (Lipinski definition) is 13. The number of hydrogen-bond donors (Lipinski definition) is 5. The van der Waals surface area contributed by atoms with Crippen LogP contribution < -0.4 is 15.2 Å². The Morgan fingerprint density at radius 2 is 1.07 bits per heavy atom. The second kappa shape index (κ2) is 27.0. The number of aromatic nitrogens is 10. The topological polar surface area (TPSA) is 286 Å². The largest absolute Gasteiger partial charge is 0.326 e. The smallest absolute Gasteiger partial charge is 0.264 e. The molecule has 0 amide bonds. The van der Waals surface area contributed by atoms with Gasteiger partial charge in [-0.15, -0.1) is 11.6 Å². The first kappa shape index (κ1) is 59.2. The van der Waals surface area contributed by atoms with Crippen molar-refractivity contribution in [1.82, 2.24) is 58.4 Å². The van der Waals surface area contributed by atoms with Crippen molar-refractivity contribution in [2.45, 2.75) is 84.3 Å². The molecule has 10 aromatic rings. The molecule has 3 aromatic carbocycles. The van der Waals surface area contributed by atoms with E-state index in [1.807, 2.05) is 41.1 Å². The van der Waals surface area contributed by atoms with Crippen LogP contribution in [-0.4, -0.2) is 74.2 Å². The van der Waals surface area contributed by atoms with Crippen LogP contribution in [0.3, 0.4) is 0 Å². The molecule has 27 heteroatoms. The lowest BCUT2D eigenvalue weighted by atomic mass is 10.1. The maximum absolute atomic E-state index is 12.6. The minimum atomic E-state index is -3.66. The molecule has 20 nitrogen and oxygen atoms in total. The molecule has 12 rings (SSSR count). The molecular formula is C53H52Cl4N14O6S3. The summed E-state index contributed by atoms with van der Waals surface area (Å²) in [6.45, 7) is 1.32. The lowest BCUT2D eigenvalue weighted by Crippen LogP contribution is -2.22. The average Bonchev–Trinajstić information content (AvgIpc) is 4.05. The van der Waals surface area contributed by atoms with E-state index in [0.29, 0.717) is 40.5 Å². The van der Waals surface area contributed by atoms with E-state index >= 15 is 0 Å². The third kappa shape index (κ3) is 17.3. The Bertz CT molecular complexity index is 4020. The van der Waals surface area contributed by atoms with Gasteiger partial charge in [-0.3, -0.25) is 14.9 Å². The Hall–Kier alpha value is -6.95. The Labute approximate surface area is 481 Å². The van der Waals surface area contributed by atoms with Gasteiger partial charge in [0.2, 0.25) is 20.0 Å². The minimum absolute atomic E-state index is 0.0100. The zero-order valence-electron chi connectivity index (χ0n) is 42.3. The molecule has 2 fully saturated rings. The van der Waals surface area contributed by atoms with Crippen LogP contribution in [-0.2, 0) is 61.2 Å². The fourth-order valence-corrected chi connectivity index (χ4v) is 10.4. The summed E-state index contributed by atoms with van der Waals surface area (Å²) in [5.41, 5.74) is 15.1. The number of nitrogens with one attached hydrogen (secondary N) is 4. The Morgan fingerprint density at radius 3 is 1.51 bits per heavy atom. The molecule has 0 atom stereocenters. The minimum Gasteiger partial charge on any atom is -0.326 e. The van der Waals surface area contributed by atoms with Gasteiger partial charge in [0.05, 0.1) is 54.0 Å². The third-order valence-electron chi connectivity index (χ3n) is 12.1. The molecular weight excluding hydrogens is 1170 g/mol. The van der Waals surface area contributed by atoms with Gasteiger partial charge in [-0.1, -0.05) is 71.7 Å². The fourth-order valence-electron chi connectivity index (χ4n) is 7.52. The van der Waals surface area contributed by atoms with Crippen molar-refractivity contribution >= 4 is 85.9 Å². The van der Waals surface area contributed by atoms with Gasteiger partial charge in [0.15, 0.2) is 0 Å². The number of rotatable bonds is 15. The number of imidazole rings is 2. The average molecular weight is 1220 g/mol. The number of nitrogens with zero attached hydrogens (tertiary/aromatic N) is 9. The van der Waals surface area contributed by atoms with Gasteiger partial charge in [0, 0.05) is 83.7 Å². The van der Waals surface area contributed by atoms with Gasteiger partial charge in [-0.05, 0) is 114 Å². The Kier molecular flexibility index (Phi) is 20.0. The maximum atomic E-state index is 12.6. The summed E-state index contributed by atoms with van der Waals surface area (Å²) < 4.78 is 80.2. The van der Waals surface area contributed by atoms with Crippen molar-refractivity contribution in [3.63, 3.8) is 0 Å². The molecule has 7 heterocycles. The highest BCUT2D eigenvalue weighted by Gasteiger charge is 2.25. The summed E-state index contributed by atoms with van der Waals surface area (Å²) in [6, 6.07) is 31.7. The van der Waals surface area contributed by atoms with Crippen molar-refractivity contribution in [3.8, 4) is 6.07 Å². The van der Waals surface area contributed by atoms with Gasteiger partial charge in [-0.25, -0.2) is 44.7 Å². The number of nitrogens with two attached hydrogens (primary N) is 1. The third-order valence-corrected chi connectivity index (χ3v) is 17.0. The second-order valence-corrected chi connectivity index (χ2v) is 25.4. The van der Waals surface area contributed by atoms with Gasteiger partial charge < -0.3 is 14.5 Å². The number of nitriles is 1. The van der Waals surface area contributed by atoms with Crippen LogP contribution >= 0.6 is 45.5 Å². The molecule has 7 aromatic heterocycles. The second-order valence-electron chi connectivity index (χ2n) is 18.2. The molecule has 0 aliphatic heterocycles. The van der Waals surface area contributed by atoms with Crippen LogP contribution in [0.5, 0.6) is 0 Å². The molecule has 0 spiro atoms. The highest BCUT2D eigenvalue weighted by atomic mass is 35.7. The van der Waals surface area contributed by atoms with Crippen molar-refractivity contribution < 1.29 is 25.3 Å². The standard InChI is InChI=1S/C21H20ClN5O2S.C11H11ClN2.C10H10ClN3O2S.C8H8N2.C3H3ClN2O2S/c22-18-6-1-15(2-7-18)9-24-30(28,29)20-10-23-27(14-20)13-19-12-26-11-17(16-3-4-16)5-8-21(26)25-19;12-5-10-7-14-6-9(8-1-2-8)3-4-11(14)13-10;11-9-3-1-8(2-4-9)5-14-17(15,16)10-6-12-13-7-10;9-5-7-1-2-8(6-10)4-3-7;4-9(7,8)3-1-5-6-2-3/h1-2,5-8,10-12,14,16,24H,3-4,9,13H2;3-4,6-8H,1-2,5H2;1-4,6-7,14H,5H2,(H,12,13);1-4H,5,9H2;1-2H,(H,5,6). The summed E-state index contributed by atoms with van der Waals surface area (Å²) in [4.78, 5) is 9.22. The number of fused-ring (bicyclic) bond motifs is 2. The monoisotopic (exact) mass is 1220 g/mol. The molecule has 0 saturated heterocycles. The number of aromatic amines is 2. The SMILES string of the molecule is ClCc1cn2cc(C3CC3)ccc2n1.N#Cc1ccc(CN)cc1.O=S(=O)(Cl)c1cn[nH]c1.O=S(=O)(NCc1ccc(Cl)cc1)c1cn[nH]c1.O=S(=O)(NCc1ccc(Cl)cc1)c1cnn(Cc2cn3cc(C4CC4)ccc3n2)c1. The van der Waals surface area contributed by atoms with Crippen molar-refractivity contribution in [3.05, 3.63) is 214 Å². The normalized spacial score (nSPS) is 13.2. The van der Waals surface area contributed by atoms with Crippen LogP contribution in [0.25, 0.3) is 11.3 Å². The summed E-state index contributed by atoms with van der Waals surface area (Å²) in [5.74, 6) is 1.96. The van der Waals surface area contributed by atoms with Crippen LogP contribution in [0, 0.1) is 11.3 Å². The van der Waals surface area contributed by atoms with E-state index in [1.165, 1.54) is 67.8 Å². The van der Waals surface area contributed by atoms with E-state index in [-0.39, 0.29) is 27.8 Å². The summed E-state index contributed by atoms with van der Waals surface area (Å²) >= 11 is 17.3. The first-order chi connectivity index (χ1) is 38.4. The molecule has 80 heavy (non-hydrogen) atoms. The van der Waals surface area contributed by atoms with Crippen LogP contribution in [0.1, 0.15) is 82.3 Å². The van der Waals surface area contributed by atoms with Crippen LogP contribution in [0.15, 0.2) is 174 Å². The van der Waals surface area contributed by atoms with E-state index in [4.69, 9.17) is 56.5 Å². The van der Waals surface area contributed by atoms with Crippen LogP contribution in [0.2, 0.25) is 10.0 Å². The van der Waals surface area contributed by atoms with E-state index in [2.05, 4.69) is 79.9 Å². The predicted molar refractivity (Wildman–Crippen MR) is 305 cm³/mol. The number of alkyl halides is 1. The van der Waals surface area contributed by atoms with E-state index in [0.717, 1.165) is 51.5 Å². The maximum Gasteiger partial charge on any atom is 0.264 e. The highest BCUT2D eigenvalue weighted by Crippen LogP contribution is 2.40. The highest BCUT2D eigenvalue weighted by molar-refractivity contribution is 8.13. The molecule has 0 bridgehead atoms. The lowest BCUT2D eigenvalue weighted by molar-refractivity contribution is 0.579. The molecule has 2 saturated carbocycles. The summed E-state index contributed by atoms with van der Waals surface area (Å²) in [7, 11) is -5.84. The van der Waals surface area contributed by atoms with Gasteiger partial charge >= 0.3 is 0 Å². The molecule has 2 aliphatic rings. The van der Waals surface area contributed by atoms with E-state index in [9.17, 15) is 25.3 Å². The van der Waals surface area contributed by atoms with Crippen LogP contribution in [0.4, 0.5) is 0 Å². The predicted octanol–water partition coefficient (Wildman–Crippen LogP) is 9.43. The number of pyridine rings is 2. The van der Waals surface area contributed by atoms with E-state index in [1.54, 1.807) is 65.3 Å². The van der Waals surface area contributed by atoms with Gasteiger partial charge in [0.1, 0.15) is 26.0 Å². The number of sulfonamides is 2. The lowest BCUT2D eigenvalue weighted by Gasteiger charge is -2.05. The fraction of sp³-hybridized carbons (Fsp3) is 0.208. The summed E-state index contributed by atoms with van der Waals surface area (Å²) in [5, 5.41) is 25.6. The molecule has 0 radical (unpaired) electrons. The van der Waals surface area contributed by atoms with E-state index < -0.39 is 29.1 Å². The zero-order chi connectivity index (χ0) is 56.9. The number of halogens is 4. The summed E-state index contributed by atoms with van der Waals surface area (Å²) in [6.07, 6.45) is 21.3. The Balaban J connectivity index is 0.000000143. The van der Waals surface area contributed by atoms with Crippen molar-refractivity contribution in [2.75, 3.05) is 0 Å².